The van der Waals surface area contributed by atoms with Crippen LogP contribution >= 0.6 is 11.6 Å². The fraction of sp³-hybridized carbons (Fsp3) is 0. The molecule has 3 heteroatoms. The van der Waals surface area contributed by atoms with E-state index in [0.717, 1.165) is 33.5 Å². The van der Waals surface area contributed by atoms with Gasteiger partial charge in [-0.05, 0) is 18.2 Å². The Labute approximate surface area is 139 Å². The van der Waals surface area contributed by atoms with Crippen LogP contribution in [0.15, 0.2) is 78.9 Å². The van der Waals surface area contributed by atoms with Crippen molar-refractivity contribution in [2.75, 3.05) is 0 Å². The van der Waals surface area contributed by atoms with Crippen LogP contribution in [0.2, 0.25) is 5.02 Å². The summed E-state index contributed by atoms with van der Waals surface area (Å²) in [6.45, 7) is 0. The summed E-state index contributed by atoms with van der Waals surface area (Å²) in [6.07, 6.45) is 0. The Balaban J connectivity index is 2.04. The zero-order chi connectivity index (χ0) is 15.6. The van der Waals surface area contributed by atoms with Gasteiger partial charge in [-0.15, -0.1) is 0 Å². The van der Waals surface area contributed by atoms with Gasteiger partial charge in [0, 0.05) is 21.5 Å². The Kier molecular flexibility index (Phi) is 3.52. The molecule has 0 N–H and O–H groups in total. The van der Waals surface area contributed by atoms with Gasteiger partial charge in [0.2, 0.25) is 0 Å². The minimum atomic E-state index is 0.686. The number of halogens is 1. The maximum atomic E-state index is 6.18. The van der Waals surface area contributed by atoms with Crippen molar-refractivity contribution in [3.8, 4) is 22.6 Å². The third-order valence-corrected chi connectivity index (χ3v) is 3.97. The zero-order valence-corrected chi connectivity index (χ0v) is 13.0. The quantitative estimate of drug-likeness (QED) is 0.480. The van der Waals surface area contributed by atoms with Gasteiger partial charge in [0.05, 0.1) is 11.2 Å². The summed E-state index contributed by atoms with van der Waals surface area (Å²) in [5, 5.41) is 1.65. The summed E-state index contributed by atoms with van der Waals surface area (Å²) in [4.78, 5) is 9.52. The molecule has 0 bridgehead atoms. The molecule has 0 spiro atoms. The fourth-order valence-corrected chi connectivity index (χ4v) is 2.81. The van der Waals surface area contributed by atoms with Crippen molar-refractivity contribution < 1.29 is 0 Å². The van der Waals surface area contributed by atoms with Crippen LogP contribution < -0.4 is 0 Å². The number of benzene rings is 3. The molecule has 0 aliphatic rings. The second-order valence-electron chi connectivity index (χ2n) is 5.29. The first kappa shape index (κ1) is 13.9. The largest absolute Gasteiger partial charge is 0.228 e. The lowest BCUT2D eigenvalue weighted by atomic mass is 10.1. The van der Waals surface area contributed by atoms with E-state index in [4.69, 9.17) is 21.6 Å². The molecule has 3 aromatic carbocycles. The van der Waals surface area contributed by atoms with Crippen molar-refractivity contribution in [1.29, 1.82) is 0 Å². The Hall–Kier alpha value is -2.71. The van der Waals surface area contributed by atoms with Gasteiger partial charge in [-0.25, -0.2) is 9.97 Å². The lowest BCUT2D eigenvalue weighted by molar-refractivity contribution is 1.23. The smallest absolute Gasteiger partial charge is 0.160 e. The van der Waals surface area contributed by atoms with E-state index < -0.39 is 0 Å². The molecule has 4 aromatic rings. The first-order valence-corrected chi connectivity index (χ1v) is 7.77. The first-order chi connectivity index (χ1) is 11.3. The standard InChI is InChI=1S/C20H13ClN2/c21-16-11-12-18-17(13-16)19(14-7-3-1-4-8-14)23-20(22-18)15-9-5-2-6-10-15/h1-13H. The summed E-state index contributed by atoms with van der Waals surface area (Å²) < 4.78 is 0. The minimum absolute atomic E-state index is 0.686. The van der Waals surface area contributed by atoms with Crippen molar-refractivity contribution in [3.05, 3.63) is 83.9 Å². The van der Waals surface area contributed by atoms with Crippen LogP contribution in [-0.4, -0.2) is 9.97 Å². The van der Waals surface area contributed by atoms with Gasteiger partial charge in [-0.3, -0.25) is 0 Å². The highest BCUT2D eigenvalue weighted by atomic mass is 35.5. The fourth-order valence-electron chi connectivity index (χ4n) is 2.63. The van der Waals surface area contributed by atoms with E-state index in [1.54, 1.807) is 0 Å². The van der Waals surface area contributed by atoms with Crippen molar-refractivity contribution in [2.24, 2.45) is 0 Å². The predicted molar refractivity (Wildman–Crippen MR) is 95.4 cm³/mol. The Bertz CT molecular complexity index is 967. The summed E-state index contributed by atoms with van der Waals surface area (Å²) in [5.74, 6) is 0.722. The normalized spacial score (nSPS) is 10.8. The zero-order valence-electron chi connectivity index (χ0n) is 12.3. The third-order valence-electron chi connectivity index (χ3n) is 3.74. The van der Waals surface area contributed by atoms with Gasteiger partial charge < -0.3 is 0 Å². The van der Waals surface area contributed by atoms with E-state index in [-0.39, 0.29) is 0 Å². The second kappa shape index (κ2) is 5.82. The van der Waals surface area contributed by atoms with Gasteiger partial charge in [-0.1, -0.05) is 72.3 Å². The van der Waals surface area contributed by atoms with E-state index in [2.05, 4.69) is 12.1 Å². The molecule has 0 saturated carbocycles. The molecular weight excluding hydrogens is 304 g/mol. The van der Waals surface area contributed by atoms with Crippen LogP contribution in [-0.2, 0) is 0 Å². The highest BCUT2D eigenvalue weighted by molar-refractivity contribution is 6.31. The Morgan fingerprint density at radius 2 is 1.30 bits per heavy atom. The van der Waals surface area contributed by atoms with Crippen LogP contribution in [0.25, 0.3) is 33.5 Å². The lowest BCUT2D eigenvalue weighted by Crippen LogP contribution is -1.95. The number of hydrogen-bond acceptors (Lipinski definition) is 2. The molecule has 4 rings (SSSR count). The summed E-state index contributed by atoms with van der Waals surface area (Å²) >= 11 is 6.18. The van der Waals surface area contributed by atoms with Crippen LogP contribution in [0.5, 0.6) is 0 Å². The van der Waals surface area contributed by atoms with Gasteiger partial charge in [0.15, 0.2) is 5.82 Å². The molecule has 23 heavy (non-hydrogen) atoms. The van der Waals surface area contributed by atoms with E-state index in [1.165, 1.54) is 0 Å². The molecule has 0 amide bonds. The topological polar surface area (TPSA) is 25.8 Å². The lowest BCUT2D eigenvalue weighted by Gasteiger charge is -2.09. The van der Waals surface area contributed by atoms with Gasteiger partial charge in [0.1, 0.15) is 0 Å². The first-order valence-electron chi connectivity index (χ1n) is 7.39. The van der Waals surface area contributed by atoms with Gasteiger partial charge >= 0.3 is 0 Å². The summed E-state index contributed by atoms with van der Waals surface area (Å²) in [6, 6.07) is 25.9. The molecule has 110 valence electrons. The molecule has 0 aliphatic carbocycles. The molecular formula is C20H13ClN2. The maximum absolute atomic E-state index is 6.18. The number of aromatic nitrogens is 2. The molecule has 1 heterocycles. The number of hydrogen-bond donors (Lipinski definition) is 0. The maximum Gasteiger partial charge on any atom is 0.160 e. The SMILES string of the molecule is Clc1ccc2nc(-c3ccccc3)nc(-c3ccccc3)c2c1. The minimum Gasteiger partial charge on any atom is -0.228 e. The molecule has 0 aliphatic heterocycles. The number of fused-ring (bicyclic) bond motifs is 1. The number of rotatable bonds is 2. The van der Waals surface area contributed by atoms with Gasteiger partial charge in [0.25, 0.3) is 0 Å². The summed E-state index contributed by atoms with van der Waals surface area (Å²) in [7, 11) is 0. The van der Waals surface area contributed by atoms with Crippen molar-refractivity contribution in [2.45, 2.75) is 0 Å². The molecule has 2 nitrogen and oxygen atoms in total. The van der Waals surface area contributed by atoms with Crippen LogP contribution in [0.1, 0.15) is 0 Å². The average molecular weight is 317 g/mol. The van der Waals surface area contributed by atoms with E-state index in [1.807, 2.05) is 66.7 Å². The Morgan fingerprint density at radius 1 is 0.652 bits per heavy atom. The number of nitrogens with zero attached hydrogens (tertiary/aromatic N) is 2. The van der Waals surface area contributed by atoms with E-state index in [9.17, 15) is 0 Å². The van der Waals surface area contributed by atoms with E-state index in [0.29, 0.717) is 5.02 Å². The highest BCUT2D eigenvalue weighted by Crippen LogP contribution is 2.30. The Morgan fingerprint density at radius 3 is 2.00 bits per heavy atom. The van der Waals surface area contributed by atoms with Gasteiger partial charge in [-0.2, -0.15) is 0 Å². The highest BCUT2D eigenvalue weighted by Gasteiger charge is 2.11. The van der Waals surface area contributed by atoms with Crippen LogP contribution in [0.3, 0.4) is 0 Å². The van der Waals surface area contributed by atoms with Crippen molar-refractivity contribution >= 4 is 22.5 Å². The molecule has 0 saturated heterocycles. The van der Waals surface area contributed by atoms with Crippen molar-refractivity contribution in [3.63, 3.8) is 0 Å². The van der Waals surface area contributed by atoms with E-state index >= 15 is 0 Å². The molecule has 0 fully saturated rings. The summed E-state index contributed by atoms with van der Waals surface area (Å²) in [5.41, 5.74) is 3.85. The second-order valence-corrected chi connectivity index (χ2v) is 5.73. The monoisotopic (exact) mass is 316 g/mol. The molecule has 0 atom stereocenters. The average Bonchev–Trinajstić information content (AvgIpc) is 2.62. The third kappa shape index (κ3) is 2.69. The molecule has 0 radical (unpaired) electrons. The van der Waals surface area contributed by atoms with Crippen molar-refractivity contribution in [1.82, 2.24) is 9.97 Å². The van der Waals surface area contributed by atoms with Crippen LogP contribution in [0, 0.1) is 0 Å². The molecule has 1 aromatic heterocycles. The molecule has 0 unspecified atom stereocenters. The van der Waals surface area contributed by atoms with Crippen LogP contribution in [0.4, 0.5) is 0 Å². The predicted octanol–water partition coefficient (Wildman–Crippen LogP) is 5.62.